The Hall–Kier alpha value is -1.60. The van der Waals surface area contributed by atoms with E-state index in [4.69, 9.17) is 9.88 Å². The van der Waals surface area contributed by atoms with Crippen LogP contribution in [-0.4, -0.2) is 27.5 Å². The number of esters is 1. The number of benzene rings is 1. The van der Waals surface area contributed by atoms with Crippen molar-refractivity contribution < 1.29 is 17.9 Å². The molecular weight excluding hydrogens is 316 g/mol. The highest BCUT2D eigenvalue weighted by Crippen LogP contribution is 2.27. The van der Waals surface area contributed by atoms with Crippen molar-refractivity contribution in [1.29, 1.82) is 0 Å². The number of hydrogen-bond acceptors (Lipinski definition) is 5. The van der Waals surface area contributed by atoms with Crippen LogP contribution in [0, 0.1) is 5.92 Å². The van der Waals surface area contributed by atoms with Crippen molar-refractivity contribution in [2.45, 2.75) is 50.0 Å². The molecule has 0 heterocycles. The predicted octanol–water partition coefficient (Wildman–Crippen LogP) is 2.50. The van der Waals surface area contributed by atoms with Gasteiger partial charge in [0.05, 0.1) is 17.6 Å². The number of sulfonamides is 1. The van der Waals surface area contributed by atoms with Gasteiger partial charge in [-0.15, -0.1) is 0 Å². The van der Waals surface area contributed by atoms with Crippen LogP contribution in [0.1, 0.15) is 49.4 Å². The highest BCUT2D eigenvalue weighted by Gasteiger charge is 2.21. The second-order valence-electron chi connectivity index (χ2n) is 6.20. The number of ether oxygens (including phenoxy) is 1. The standard InChI is InChI=1S/C16H24N2O4S/c1-11-4-3-5-12(7-6-11)18-15-9-8-13(23(17,20)21)10-14(15)16(19)22-2/h8-12,18H,3-7H2,1-2H3,(H2,17,20,21). The molecule has 23 heavy (non-hydrogen) atoms. The van der Waals surface area contributed by atoms with Crippen LogP contribution in [0.4, 0.5) is 5.69 Å². The number of primary sulfonamides is 1. The van der Waals surface area contributed by atoms with Gasteiger partial charge in [0.2, 0.25) is 10.0 Å². The lowest BCUT2D eigenvalue weighted by molar-refractivity contribution is 0.0601. The summed E-state index contributed by atoms with van der Waals surface area (Å²) in [6, 6.07) is 4.52. The summed E-state index contributed by atoms with van der Waals surface area (Å²) in [7, 11) is -2.60. The predicted molar refractivity (Wildman–Crippen MR) is 88.8 cm³/mol. The fourth-order valence-electron chi connectivity index (χ4n) is 2.96. The molecule has 128 valence electrons. The maximum Gasteiger partial charge on any atom is 0.340 e. The molecule has 2 atom stereocenters. The lowest BCUT2D eigenvalue weighted by Gasteiger charge is -2.20. The summed E-state index contributed by atoms with van der Waals surface area (Å²) in [6.45, 7) is 2.25. The molecular formula is C16H24N2O4S. The number of nitrogens with two attached hydrogens (primary N) is 1. The van der Waals surface area contributed by atoms with Crippen LogP contribution < -0.4 is 10.5 Å². The number of methoxy groups -OCH3 is 1. The minimum Gasteiger partial charge on any atom is -0.465 e. The van der Waals surface area contributed by atoms with Gasteiger partial charge < -0.3 is 10.1 Å². The second kappa shape index (κ2) is 7.31. The lowest BCUT2D eigenvalue weighted by Crippen LogP contribution is -2.21. The van der Waals surface area contributed by atoms with E-state index in [2.05, 4.69) is 12.2 Å². The van der Waals surface area contributed by atoms with E-state index >= 15 is 0 Å². The van der Waals surface area contributed by atoms with Gasteiger partial charge in [-0.05, 0) is 43.4 Å². The fourth-order valence-corrected chi connectivity index (χ4v) is 3.50. The number of anilines is 1. The third-order valence-electron chi connectivity index (χ3n) is 4.34. The van der Waals surface area contributed by atoms with Crippen molar-refractivity contribution in [3.63, 3.8) is 0 Å². The van der Waals surface area contributed by atoms with E-state index in [1.807, 2.05) is 0 Å². The van der Waals surface area contributed by atoms with Gasteiger partial charge in [-0.3, -0.25) is 0 Å². The molecule has 1 aromatic carbocycles. The van der Waals surface area contributed by atoms with Crippen molar-refractivity contribution in [3.8, 4) is 0 Å². The summed E-state index contributed by atoms with van der Waals surface area (Å²) < 4.78 is 27.7. The number of carbonyl (C=O) groups is 1. The molecule has 3 N–H and O–H groups in total. The summed E-state index contributed by atoms with van der Waals surface area (Å²) in [6.07, 6.45) is 5.55. The molecule has 1 aliphatic carbocycles. The van der Waals surface area contributed by atoms with Crippen molar-refractivity contribution in [1.82, 2.24) is 0 Å². The van der Waals surface area contributed by atoms with Gasteiger partial charge in [0.1, 0.15) is 0 Å². The summed E-state index contributed by atoms with van der Waals surface area (Å²) in [5, 5.41) is 8.50. The zero-order valence-corrected chi connectivity index (χ0v) is 14.4. The third kappa shape index (κ3) is 4.68. The maximum atomic E-state index is 12.0. The van der Waals surface area contributed by atoms with Gasteiger partial charge in [0.25, 0.3) is 0 Å². The smallest absolute Gasteiger partial charge is 0.340 e. The van der Waals surface area contributed by atoms with Gasteiger partial charge in [-0.25, -0.2) is 18.4 Å². The zero-order chi connectivity index (χ0) is 17.0. The third-order valence-corrected chi connectivity index (χ3v) is 5.25. The Morgan fingerprint density at radius 2 is 2.00 bits per heavy atom. The Balaban J connectivity index is 2.28. The number of nitrogens with one attached hydrogen (secondary N) is 1. The minimum absolute atomic E-state index is 0.0991. The molecule has 1 aliphatic rings. The maximum absolute atomic E-state index is 12.0. The molecule has 1 fully saturated rings. The average Bonchev–Trinajstić information content (AvgIpc) is 2.70. The van der Waals surface area contributed by atoms with E-state index in [-0.39, 0.29) is 16.5 Å². The van der Waals surface area contributed by atoms with E-state index in [9.17, 15) is 13.2 Å². The number of hydrogen-bond donors (Lipinski definition) is 2. The van der Waals surface area contributed by atoms with Crippen LogP contribution >= 0.6 is 0 Å². The molecule has 2 rings (SSSR count). The molecule has 0 bridgehead atoms. The van der Waals surface area contributed by atoms with Crippen LogP contribution in [0.15, 0.2) is 23.1 Å². The van der Waals surface area contributed by atoms with Crippen molar-refractivity contribution >= 4 is 21.7 Å². The Morgan fingerprint density at radius 3 is 2.65 bits per heavy atom. The van der Waals surface area contributed by atoms with Crippen molar-refractivity contribution in [2.75, 3.05) is 12.4 Å². The molecule has 2 unspecified atom stereocenters. The van der Waals surface area contributed by atoms with Gasteiger partial charge in [-0.2, -0.15) is 0 Å². The first-order valence-electron chi connectivity index (χ1n) is 7.83. The Bertz CT molecular complexity index is 673. The quantitative estimate of drug-likeness (QED) is 0.648. The molecule has 0 aliphatic heterocycles. The van der Waals surface area contributed by atoms with E-state index in [1.165, 1.54) is 25.7 Å². The van der Waals surface area contributed by atoms with Gasteiger partial charge in [0, 0.05) is 11.7 Å². The zero-order valence-electron chi connectivity index (χ0n) is 13.5. The summed E-state index contributed by atoms with van der Waals surface area (Å²) >= 11 is 0. The van der Waals surface area contributed by atoms with E-state index in [0.717, 1.165) is 25.7 Å². The molecule has 0 saturated heterocycles. The topological polar surface area (TPSA) is 98.5 Å². The van der Waals surface area contributed by atoms with Gasteiger partial charge >= 0.3 is 5.97 Å². The molecule has 0 radical (unpaired) electrons. The minimum atomic E-state index is -3.87. The van der Waals surface area contributed by atoms with Crippen LogP contribution in [-0.2, 0) is 14.8 Å². The van der Waals surface area contributed by atoms with Crippen LogP contribution in [0.25, 0.3) is 0 Å². The summed E-state index contributed by atoms with van der Waals surface area (Å²) in [5.41, 5.74) is 0.778. The molecule has 7 heteroatoms. The Labute approximate surface area is 137 Å². The fraction of sp³-hybridized carbons (Fsp3) is 0.562. The first kappa shape index (κ1) is 17.7. The van der Waals surface area contributed by atoms with Gasteiger partial charge in [-0.1, -0.05) is 19.8 Å². The SMILES string of the molecule is COC(=O)c1cc(S(N)(=O)=O)ccc1NC1CCCC(C)CC1. The first-order chi connectivity index (χ1) is 10.8. The lowest BCUT2D eigenvalue weighted by atomic mass is 10.0. The Morgan fingerprint density at radius 1 is 1.26 bits per heavy atom. The second-order valence-corrected chi connectivity index (χ2v) is 7.76. The summed E-state index contributed by atoms with van der Waals surface area (Å²) in [4.78, 5) is 11.9. The molecule has 6 nitrogen and oxygen atoms in total. The first-order valence-corrected chi connectivity index (χ1v) is 9.37. The number of carbonyl (C=O) groups excluding carboxylic acids is 1. The Kier molecular flexibility index (Phi) is 5.64. The molecule has 1 saturated carbocycles. The highest BCUT2D eigenvalue weighted by molar-refractivity contribution is 7.89. The van der Waals surface area contributed by atoms with Crippen LogP contribution in [0.5, 0.6) is 0 Å². The van der Waals surface area contributed by atoms with Crippen molar-refractivity contribution in [3.05, 3.63) is 23.8 Å². The van der Waals surface area contributed by atoms with E-state index < -0.39 is 16.0 Å². The molecule has 1 aromatic rings. The van der Waals surface area contributed by atoms with E-state index in [0.29, 0.717) is 11.6 Å². The monoisotopic (exact) mass is 340 g/mol. The highest BCUT2D eigenvalue weighted by atomic mass is 32.2. The van der Waals surface area contributed by atoms with Crippen molar-refractivity contribution in [2.24, 2.45) is 11.1 Å². The average molecular weight is 340 g/mol. The van der Waals surface area contributed by atoms with E-state index in [1.54, 1.807) is 6.07 Å². The molecule has 0 aromatic heterocycles. The number of rotatable bonds is 4. The van der Waals surface area contributed by atoms with Gasteiger partial charge in [0.15, 0.2) is 0 Å². The summed E-state index contributed by atoms with van der Waals surface area (Å²) in [5.74, 6) is 0.131. The molecule has 0 amide bonds. The molecule has 0 spiro atoms. The largest absolute Gasteiger partial charge is 0.465 e. The van der Waals surface area contributed by atoms with Crippen LogP contribution in [0.3, 0.4) is 0 Å². The normalized spacial score (nSPS) is 22.2. The van der Waals surface area contributed by atoms with Crippen LogP contribution in [0.2, 0.25) is 0 Å².